The van der Waals surface area contributed by atoms with Gasteiger partial charge < -0.3 is 9.47 Å². The molecule has 0 saturated heterocycles. The van der Waals surface area contributed by atoms with Gasteiger partial charge in [0.1, 0.15) is 34.1 Å². The number of ether oxygens (including phenoxy) is 2. The molecule has 26 heavy (non-hydrogen) atoms. The number of halogens is 2. The quantitative estimate of drug-likeness (QED) is 0.832. The molecule has 140 valence electrons. The number of hydrogen-bond donors (Lipinski definition) is 1. The van der Waals surface area contributed by atoms with E-state index in [9.17, 15) is 17.2 Å². The topological polar surface area (TPSA) is 64.6 Å². The number of benzene rings is 2. The van der Waals surface area contributed by atoms with Crippen LogP contribution in [0.2, 0.25) is 0 Å². The van der Waals surface area contributed by atoms with Gasteiger partial charge in [-0.1, -0.05) is 0 Å². The average molecular weight is 383 g/mol. The van der Waals surface area contributed by atoms with E-state index in [1.54, 1.807) is 6.07 Å². The van der Waals surface area contributed by atoms with Crippen molar-refractivity contribution >= 4 is 10.0 Å². The summed E-state index contributed by atoms with van der Waals surface area (Å²) in [5.74, 6) is -0.643. The molecule has 1 N–H and O–H groups in total. The predicted molar refractivity (Wildman–Crippen MR) is 91.8 cm³/mol. The summed E-state index contributed by atoms with van der Waals surface area (Å²) in [6.07, 6.45) is 0.781. The monoisotopic (exact) mass is 383 g/mol. The summed E-state index contributed by atoms with van der Waals surface area (Å²) in [6, 6.07) is 5.83. The van der Waals surface area contributed by atoms with Crippen LogP contribution in [0, 0.1) is 11.6 Å². The number of hydrogen-bond acceptors (Lipinski definition) is 4. The van der Waals surface area contributed by atoms with E-state index in [1.807, 2.05) is 19.9 Å². The second-order valence-electron chi connectivity index (χ2n) is 6.03. The second-order valence-corrected chi connectivity index (χ2v) is 7.77. The van der Waals surface area contributed by atoms with Crippen LogP contribution in [0.1, 0.15) is 25.0 Å². The van der Waals surface area contributed by atoms with Gasteiger partial charge in [0.2, 0.25) is 10.0 Å². The minimum Gasteiger partial charge on any atom is -0.494 e. The zero-order chi connectivity index (χ0) is 18.9. The Bertz CT molecular complexity index is 931. The molecule has 1 aliphatic rings. The Morgan fingerprint density at radius 2 is 2.04 bits per heavy atom. The lowest BCUT2D eigenvalue weighted by molar-refractivity contribution is 0.254. The van der Waals surface area contributed by atoms with E-state index in [2.05, 4.69) is 4.72 Å². The zero-order valence-electron chi connectivity index (χ0n) is 14.4. The summed E-state index contributed by atoms with van der Waals surface area (Å²) in [5.41, 5.74) is 1.55. The van der Waals surface area contributed by atoms with Crippen LogP contribution in [0.25, 0.3) is 0 Å². The van der Waals surface area contributed by atoms with Gasteiger partial charge in [-0.3, -0.25) is 0 Å². The van der Waals surface area contributed by atoms with Gasteiger partial charge in [0.15, 0.2) is 0 Å². The van der Waals surface area contributed by atoms with E-state index in [4.69, 9.17) is 9.47 Å². The Balaban J connectivity index is 1.87. The van der Waals surface area contributed by atoms with Crippen molar-refractivity contribution < 1.29 is 26.7 Å². The summed E-state index contributed by atoms with van der Waals surface area (Å²) in [7, 11) is -4.23. The maximum absolute atomic E-state index is 13.8. The van der Waals surface area contributed by atoms with Crippen LogP contribution in [0.4, 0.5) is 8.78 Å². The SMILES string of the molecule is CCOc1cc2c(cc1CNS(=O)(=O)c1cc(F)ccc1F)O[C@H](C)C2. The van der Waals surface area contributed by atoms with Gasteiger partial charge in [0.25, 0.3) is 0 Å². The van der Waals surface area contributed by atoms with Crippen LogP contribution in [0.5, 0.6) is 11.5 Å². The Kier molecular flexibility index (Phi) is 5.15. The number of rotatable bonds is 6. The number of nitrogens with one attached hydrogen (secondary N) is 1. The highest BCUT2D eigenvalue weighted by Crippen LogP contribution is 2.35. The lowest BCUT2D eigenvalue weighted by Gasteiger charge is -2.14. The fourth-order valence-electron chi connectivity index (χ4n) is 2.84. The van der Waals surface area contributed by atoms with E-state index >= 15 is 0 Å². The Hall–Kier alpha value is -2.19. The molecule has 1 heterocycles. The number of fused-ring (bicyclic) bond motifs is 1. The first-order valence-electron chi connectivity index (χ1n) is 8.20. The van der Waals surface area contributed by atoms with Crippen LogP contribution in [-0.2, 0) is 23.0 Å². The number of sulfonamides is 1. The molecule has 0 amide bonds. The van der Waals surface area contributed by atoms with Crippen molar-refractivity contribution in [2.75, 3.05) is 6.61 Å². The van der Waals surface area contributed by atoms with Gasteiger partial charge in [0.05, 0.1) is 6.61 Å². The van der Waals surface area contributed by atoms with Crippen molar-refractivity contribution in [1.82, 2.24) is 4.72 Å². The highest BCUT2D eigenvalue weighted by atomic mass is 32.2. The third kappa shape index (κ3) is 3.81. The molecule has 1 atom stereocenters. The van der Waals surface area contributed by atoms with Crippen molar-refractivity contribution in [3.8, 4) is 11.5 Å². The van der Waals surface area contributed by atoms with Crippen molar-refractivity contribution in [3.63, 3.8) is 0 Å². The zero-order valence-corrected chi connectivity index (χ0v) is 15.2. The van der Waals surface area contributed by atoms with Gasteiger partial charge in [-0.2, -0.15) is 0 Å². The first kappa shape index (κ1) is 18.6. The van der Waals surface area contributed by atoms with Crippen LogP contribution in [0.3, 0.4) is 0 Å². The molecule has 1 aliphatic heterocycles. The van der Waals surface area contributed by atoms with Crippen molar-refractivity contribution in [1.29, 1.82) is 0 Å². The molecule has 8 heteroatoms. The molecule has 3 rings (SSSR count). The van der Waals surface area contributed by atoms with Gasteiger partial charge in [0, 0.05) is 24.1 Å². The fraction of sp³-hybridized carbons (Fsp3) is 0.333. The molecule has 0 radical (unpaired) electrons. The highest BCUT2D eigenvalue weighted by molar-refractivity contribution is 7.89. The summed E-state index contributed by atoms with van der Waals surface area (Å²) < 4.78 is 65.3. The molecule has 0 fully saturated rings. The molecule has 5 nitrogen and oxygen atoms in total. The van der Waals surface area contributed by atoms with E-state index in [1.165, 1.54) is 0 Å². The van der Waals surface area contributed by atoms with Gasteiger partial charge in [-0.15, -0.1) is 0 Å². The van der Waals surface area contributed by atoms with Crippen LogP contribution in [-0.4, -0.2) is 21.1 Å². The molecular formula is C18H19F2NO4S. The molecule has 2 aromatic carbocycles. The molecule has 0 spiro atoms. The summed E-state index contributed by atoms with van der Waals surface area (Å²) in [6.45, 7) is 4.03. The van der Waals surface area contributed by atoms with E-state index in [0.29, 0.717) is 29.7 Å². The molecule has 0 aromatic heterocycles. The summed E-state index contributed by atoms with van der Waals surface area (Å²) in [5, 5.41) is 0. The van der Waals surface area contributed by atoms with Gasteiger partial charge >= 0.3 is 0 Å². The molecule has 0 unspecified atom stereocenters. The van der Waals surface area contributed by atoms with E-state index in [0.717, 1.165) is 24.1 Å². The van der Waals surface area contributed by atoms with Crippen molar-refractivity contribution in [2.24, 2.45) is 0 Å². The lowest BCUT2D eigenvalue weighted by Crippen LogP contribution is -2.24. The maximum atomic E-state index is 13.8. The smallest absolute Gasteiger partial charge is 0.243 e. The minimum atomic E-state index is -4.23. The Labute approximate surface area is 151 Å². The second kappa shape index (κ2) is 7.20. The van der Waals surface area contributed by atoms with Crippen LogP contribution >= 0.6 is 0 Å². The standard InChI is InChI=1S/C18H19F2NO4S/c1-3-24-16-7-12-6-11(2)25-17(12)8-13(16)10-21-26(22,23)18-9-14(19)4-5-15(18)20/h4-5,7-9,11,21H,3,6,10H2,1-2H3/t11-/m1/s1. The highest BCUT2D eigenvalue weighted by Gasteiger charge is 2.24. The lowest BCUT2D eigenvalue weighted by atomic mass is 10.1. The molecule has 0 bridgehead atoms. The largest absolute Gasteiger partial charge is 0.494 e. The van der Waals surface area contributed by atoms with Gasteiger partial charge in [-0.05, 0) is 44.2 Å². The van der Waals surface area contributed by atoms with Crippen LogP contribution in [0.15, 0.2) is 35.2 Å². The first-order chi connectivity index (χ1) is 12.3. The Morgan fingerprint density at radius 3 is 2.77 bits per heavy atom. The maximum Gasteiger partial charge on any atom is 0.243 e. The minimum absolute atomic E-state index is 0.0350. The summed E-state index contributed by atoms with van der Waals surface area (Å²) >= 11 is 0. The average Bonchev–Trinajstić information content (AvgIpc) is 2.94. The normalized spacial score (nSPS) is 16.2. The van der Waals surface area contributed by atoms with E-state index in [-0.39, 0.29) is 12.6 Å². The first-order valence-corrected chi connectivity index (χ1v) is 9.68. The van der Waals surface area contributed by atoms with Crippen molar-refractivity contribution in [3.05, 3.63) is 53.1 Å². The molecule has 0 saturated carbocycles. The fourth-order valence-corrected chi connectivity index (χ4v) is 3.94. The Morgan fingerprint density at radius 1 is 1.27 bits per heavy atom. The molecular weight excluding hydrogens is 364 g/mol. The predicted octanol–water partition coefficient (Wildman–Crippen LogP) is 3.17. The third-order valence-corrected chi connectivity index (χ3v) is 5.43. The molecule has 2 aromatic rings. The summed E-state index contributed by atoms with van der Waals surface area (Å²) in [4.78, 5) is -0.735. The molecule has 0 aliphatic carbocycles. The van der Waals surface area contributed by atoms with E-state index < -0.39 is 26.6 Å². The van der Waals surface area contributed by atoms with Crippen molar-refractivity contribution in [2.45, 2.75) is 37.8 Å². The van der Waals surface area contributed by atoms with Gasteiger partial charge in [-0.25, -0.2) is 21.9 Å². The third-order valence-electron chi connectivity index (χ3n) is 4.01. The van der Waals surface area contributed by atoms with Crippen LogP contribution < -0.4 is 14.2 Å².